The van der Waals surface area contributed by atoms with Gasteiger partial charge in [0.25, 0.3) is 5.91 Å². The maximum atomic E-state index is 12.9. The average Bonchev–Trinajstić information content (AvgIpc) is 2.73. The molecule has 2 N–H and O–H groups in total. The molecule has 0 aliphatic heterocycles. The minimum absolute atomic E-state index is 0.215. The van der Waals surface area contributed by atoms with Crippen LogP contribution in [-0.2, 0) is 11.2 Å². The molecule has 0 aliphatic carbocycles. The number of hydrogen-bond donors (Lipinski definition) is 2. The molecule has 0 aromatic heterocycles. The first-order valence-corrected chi connectivity index (χ1v) is 9.11. The predicted molar refractivity (Wildman–Crippen MR) is 110 cm³/mol. The molecule has 0 spiro atoms. The Morgan fingerprint density at radius 1 is 0.750 bits per heavy atom. The first-order valence-electron chi connectivity index (χ1n) is 9.11. The molecule has 0 aliphatic rings. The molecule has 4 aromatic carbocycles. The van der Waals surface area contributed by atoms with E-state index in [4.69, 9.17) is 0 Å². The van der Waals surface area contributed by atoms with Crippen molar-refractivity contribution in [2.24, 2.45) is 0 Å². The summed E-state index contributed by atoms with van der Waals surface area (Å²) in [5, 5.41) is 16.2. The highest BCUT2D eigenvalue weighted by Crippen LogP contribution is 2.21. The fraction of sp³-hybridized carbons (Fsp3) is 0.0833. The zero-order valence-corrected chi connectivity index (χ0v) is 15.1. The summed E-state index contributed by atoms with van der Waals surface area (Å²) >= 11 is 0. The molecule has 4 nitrogen and oxygen atoms in total. The van der Waals surface area contributed by atoms with Crippen molar-refractivity contribution in [3.8, 4) is 0 Å². The molecule has 0 radical (unpaired) electrons. The Labute approximate surface area is 162 Å². The lowest BCUT2D eigenvalue weighted by molar-refractivity contribution is -0.139. The second-order valence-corrected chi connectivity index (χ2v) is 6.73. The second-order valence-electron chi connectivity index (χ2n) is 6.73. The number of nitrogens with one attached hydrogen (secondary N) is 1. The highest BCUT2D eigenvalue weighted by atomic mass is 16.4. The summed E-state index contributed by atoms with van der Waals surface area (Å²) in [5.41, 5.74) is 1.37. The summed E-state index contributed by atoms with van der Waals surface area (Å²) in [6.45, 7) is 0. The predicted octanol–water partition coefficient (Wildman–Crippen LogP) is 4.42. The molecule has 4 heteroatoms. The summed E-state index contributed by atoms with van der Waals surface area (Å²) in [7, 11) is 0. The number of carbonyl (C=O) groups is 2. The molecule has 1 atom stereocenters. The van der Waals surface area contributed by atoms with Gasteiger partial charge in [-0.05, 0) is 33.2 Å². The maximum Gasteiger partial charge on any atom is 0.326 e. The van der Waals surface area contributed by atoms with Gasteiger partial charge in [0.15, 0.2) is 0 Å². The topological polar surface area (TPSA) is 66.4 Å². The highest BCUT2D eigenvalue weighted by molar-refractivity contribution is 6.08. The van der Waals surface area contributed by atoms with E-state index in [9.17, 15) is 14.7 Å². The number of carboxylic acid groups (broad SMARTS) is 1. The first kappa shape index (κ1) is 17.7. The van der Waals surface area contributed by atoms with E-state index in [1.165, 1.54) is 0 Å². The number of hydrogen-bond acceptors (Lipinski definition) is 2. The highest BCUT2D eigenvalue weighted by Gasteiger charge is 2.22. The van der Waals surface area contributed by atoms with Crippen LogP contribution in [0.5, 0.6) is 0 Å². The van der Waals surface area contributed by atoms with Crippen molar-refractivity contribution in [2.45, 2.75) is 12.5 Å². The molecule has 28 heavy (non-hydrogen) atoms. The normalized spacial score (nSPS) is 12.0. The third kappa shape index (κ3) is 3.45. The lowest BCUT2D eigenvalue weighted by atomic mass is 9.98. The van der Waals surface area contributed by atoms with Crippen LogP contribution in [-0.4, -0.2) is 23.0 Å². The van der Waals surface area contributed by atoms with E-state index in [1.54, 1.807) is 12.1 Å². The second kappa shape index (κ2) is 7.53. The van der Waals surface area contributed by atoms with Crippen LogP contribution in [0.2, 0.25) is 0 Å². The number of aliphatic carboxylic acids is 1. The standard InChI is InChI=1S/C24H19NO3/c26-23(21-14-6-10-17-8-2-4-13-20(17)21)25-22(24(27)28)15-18-11-5-9-16-7-1-3-12-19(16)18/h1-14,22H,15H2,(H,25,26)(H,27,28)/t22-/m1/s1. The van der Waals surface area contributed by atoms with E-state index in [2.05, 4.69) is 5.32 Å². The number of carboxylic acids is 1. The van der Waals surface area contributed by atoms with Crippen molar-refractivity contribution in [3.63, 3.8) is 0 Å². The Hall–Kier alpha value is -3.66. The number of carbonyl (C=O) groups excluding carboxylic acids is 1. The van der Waals surface area contributed by atoms with Gasteiger partial charge in [-0.1, -0.05) is 78.9 Å². The van der Waals surface area contributed by atoms with Crippen LogP contribution in [0.1, 0.15) is 15.9 Å². The largest absolute Gasteiger partial charge is 0.480 e. The quantitative estimate of drug-likeness (QED) is 0.547. The SMILES string of the molecule is O=C(N[C@H](Cc1cccc2ccccc12)C(=O)O)c1cccc2ccccc12. The lowest BCUT2D eigenvalue weighted by Gasteiger charge is -2.17. The molecule has 0 saturated heterocycles. The molecule has 0 unspecified atom stereocenters. The van der Waals surface area contributed by atoms with Crippen LogP contribution in [0.4, 0.5) is 0 Å². The smallest absolute Gasteiger partial charge is 0.326 e. The van der Waals surface area contributed by atoms with Gasteiger partial charge in [0.1, 0.15) is 6.04 Å². The van der Waals surface area contributed by atoms with Crippen molar-refractivity contribution < 1.29 is 14.7 Å². The Morgan fingerprint density at radius 3 is 2.04 bits per heavy atom. The fourth-order valence-electron chi connectivity index (χ4n) is 3.55. The van der Waals surface area contributed by atoms with Gasteiger partial charge in [0.2, 0.25) is 0 Å². The van der Waals surface area contributed by atoms with Gasteiger partial charge in [-0.25, -0.2) is 4.79 Å². The lowest BCUT2D eigenvalue weighted by Crippen LogP contribution is -2.42. The fourth-order valence-corrected chi connectivity index (χ4v) is 3.55. The third-order valence-corrected chi connectivity index (χ3v) is 4.94. The van der Waals surface area contributed by atoms with Gasteiger partial charge in [0, 0.05) is 12.0 Å². The van der Waals surface area contributed by atoms with Gasteiger partial charge < -0.3 is 10.4 Å². The molecule has 0 bridgehead atoms. The van der Waals surface area contributed by atoms with Crippen LogP contribution in [0, 0.1) is 0 Å². The monoisotopic (exact) mass is 369 g/mol. The van der Waals surface area contributed by atoms with Crippen molar-refractivity contribution in [1.82, 2.24) is 5.32 Å². The molecule has 1 amide bonds. The molecule has 4 aromatic rings. The third-order valence-electron chi connectivity index (χ3n) is 4.94. The summed E-state index contributed by atoms with van der Waals surface area (Å²) in [4.78, 5) is 24.7. The van der Waals surface area contributed by atoms with Crippen LogP contribution in [0.25, 0.3) is 21.5 Å². The van der Waals surface area contributed by atoms with Gasteiger partial charge in [-0.2, -0.15) is 0 Å². The van der Waals surface area contributed by atoms with E-state index in [-0.39, 0.29) is 12.3 Å². The first-order chi connectivity index (χ1) is 13.6. The van der Waals surface area contributed by atoms with Gasteiger partial charge >= 0.3 is 5.97 Å². The van der Waals surface area contributed by atoms with Crippen LogP contribution >= 0.6 is 0 Å². The maximum absolute atomic E-state index is 12.9. The molecule has 0 fully saturated rings. The van der Waals surface area contributed by atoms with Crippen molar-refractivity contribution in [1.29, 1.82) is 0 Å². The molecule has 4 rings (SSSR count). The molecule has 0 heterocycles. The minimum atomic E-state index is -1.05. The van der Waals surface area contributed by atoms with Gasteiger partial charge in [-0.3, -0.25) is 4.79 Å². The van der Waals surface area contributed by atoms with Gasteiger partial charge in [-0.15, -0.1) is 0 Å². The van der Waals surface area contributed by atoms with Gasteiger partial charge in [0.05, 0.1) is 0 Å². The Balaban J connectivity index is 1.63. The number of benzene rings is 4. The van der Waals surface area contributed by atoms with Crippen LogP contribution in [0.3, 0.4) is 0 Å². The molecule has 0 saturated carbocycles. The van der Waals surface area contributed by atoms with E-state index >= 15 is 0 Å². The Bertz CT molecular complexity index is 1170. The number of amides is 1. The minimum Gasteiger partial charge on any atom is -0.480 e. The van der Waals surface area contributed by atoms with Crippen molar-refractivity contribution in [2.75, 3.05) is 0 Å². The summed E-state index contributed by atoms with van der Waals surface area (Å²) in [6.07, 6.45) is 0.215. The molecule has 138 valence electrons. The van der Waals surface area contributed by atoms with Crippen LogP contribution < -0.4 is 5.32 Å². The Kier molecular flexibility index (Phi) is 4.77. The summed E-state index contributed by atoms with van der Waals surface area (Å²) < 4.78 is 0. The average molecular weight is 369 g/mol. The summed E-state index contributed by atoms with van der Waals surface area (Å²) in [6, 6.07) is 25.6. The number of fused-ring (bicyclic) bond motifs is 2. The van der Waals surface area contributed by atoms with E-state index in [0.29, 0.717) is 5.56 Å². The van der Waals surface area contributed by atoms with Crippen molar-refractivity contribution in [3.05, 3.63) is 96.1 Å². The Morgan fingerprint density at radius 2 is 1.32 bits per heavy atom. The van der Waals surface area contributed by atoms with E-state index < -0.39 is 12.0 Å². The molecular formula is C24H19NO3. The van der Waals surface area contributed by atoms with E-state index in [0.717, 1.165) is 27.1 Å². The number of rotatable bonds is 5. The zero-order chi connectivity index (χ0) is 19.5. The van der Waals surface area contributed by atoms with E-state index in [1.807, 2.05) is 72.8 Å². The van der Waals surface area contributed by atoms with Crippen molar-refractivity contribution >= 4 is 33.4 Å². The summed E-state index contributed by atoms with van der Waals surface area (Å²) in [5.74, 6) is -1.44. The van der Waals surface area contributed by atoms with Crippen LogP contribution in [0.15, 0.2) is 84.9 Å². The zero-order valence-electron chi connectivity index (χ0n) is 15.1. The molecular weight excluding hydrogens is 350 g/mol.